The second-order valence-corrected chi connectivity index (χ2v) is 4.56. The molecule has 0 unspecified atom stereocenters. The largest absolute Gasteiger partial charge is 0.350 e. The van der Waals surface area contributed by atoms with Crippen LogP contribution in [0.1, 0.15) is 15.9 Å². The van der Waals surface area contributed by atoms with Crippen LogP contribution in [0, 0.1) is 6.92 Å². The van der Waals surface area contributed by atoms with Gasteiger partial charge in [-0.25, -0.2) is 0 Å². The number of carbonyl (C=O) groups excluding carboxylic acids is 1. The Morgan fingerprint density at radius 1 is 1.22 bits per heavy atom. The van der Waals surface area contributed by atoms with Gasteiger partial charge in [0.1, 0.15) is 0 Å². The fourth-order valence-corrected chi connectivity index (χ4v) is 2.47. The highest BCUT2D eigenvalue weighted by Crippen LogP contribution is 2.27. The zero-order valence-corrected chi connectivity index (χ0v) is 10.4. The average Bonchev–Trinajstić information content (AvgIpc) is 2.92. The van der Waals surface area contributed by atoms with E-state index in [1.807, 2.05) is 36.0 Å². The maximum absolute atomic E-state index is 11.0. The highest BCUT2D eigenvalue weighted by Gasteiger charge is 2.10. The topological polar surface area (TPSA) is 26.4 Å². The van der Waals surface area contributed by atoms with Crippen LogP contribution < -0.4 is 0 Å². The van der Waals surface area contributed by atoms with Gasteiger partial charge in [-0.1, -0.05) is 0 Å². The summed E-state index contributed by atoms with van der Waals surface area (Å²) in [7, 11) is 2.03. The Labute approximate surface area is 105 Å². The van der Waals surface area contributed by atoms with Gasteiger partial charge in [0.2, 0.25) is 0 Å². The normalized spacial score (nSPS) is 11.0. The van der Waals surface area contributed by atoms with E-state index in [0.29, 0.717) is 0 Å². The number of aromatic nitrogens is 2. The number of hydrogen-bond acceptors (Lipinski definition) is 1. The second-order valence-electron chi connectivity index (χ2n) is 4.56. The second kappa shape index (κ2) is 3.88. The minimum Gasteiger partial charge on any atom is -0.350 e. The highest BCUT2D eigenvalue weighted by atomic mass is 16.1. The summed E-state index contributed by atoms with van der Waals surface area (Å²) < 4.78 is 4.09. The lowest BCUT2D eigenvalue weighted by atomic mass is 10.1. The van der Waals surface area contributed by atoms with Gasteiger partial charge < -0.3 is 8.97 Å². The number of nitrogens with zero attached hydrogens (tertiary/aromatic N) is 2. The van der Waals surface area contributed by atoms with Gasteiger partial charge in [-0.05, 0) is 36.8 Å². The number of aryl methyl sites for hydroxylation is 2. The molecule has 0 saturated carbocycles. The molecule has 3 aromatic rings. The molecule has 0 aromatic carbocycles. The first-order valence-corrected chi connectivity index (χ1v) is 5.89. The summed E-state index contributed by atoms with van der Waals surface area (Å²) in [4.78, 5) is 11.0. The molecular weight excluding hydrogens is 224 g/mol. The lowest BCUT2D eigenvalue weighted by Crippen LogP contribution is -1.89. The third kappa shape index (κ3) is 1.48. The lowest BCUT2D eigenvalue weighted by molar-refractivity contribution is 0.112. The van der Waals surface area contributed by atoms with Crippen molar-refractivity contribution in [2.45, 2.75) is 6.92 Å². The SMILES string of the molecule is Cc1ccn(C)c1-c1cc2c(C=O)cccn2c1. The predicted molar refractivity (Wildman–Crippen MR) is 71.9 cm³/mol. The molecule has 3 nitrogen and oxygen atoms in total. The standard InChI is InChI=1S/C15H14N2O/c1-11-5-7-16(2)15(11)13-8-14-12(10-18)4-3-6-17(14)9-13/h3-10H,1-2H3. The van der Waals surface area contributed by atoms with Crippen molar-refractivity contribution in [3.05, 3.63) is 54.0 Å². The highest BCUT2D eigenvalue weighted by molar-refractivity contribution is 5.88. The molecule has 0 aliphatic heterocycles. The summed E-state index contributed by atoms with van der Waals surface area (Å²) in [5, 5.41) is 0. The maximum Gasteiger partial charge on any atom is 0.152 e. The molecule has 18 heavy (non-hydrogen) atoms. The number of aldehydes is 1. The number of carbonyl (C=O) groups is 1. The third-order valence-corrected chi connectivity index (χ3v) is 3.34. The molecule has 3 heterocycles. The Morgan fingerprint density at radius 3 is 2.72 bits per heavy atom. The van der Waals surface area contributed by atoms with Crippen LogP contribution in [-0.4, -0.2) is 15.3 Å². The van der Waals surface area contributed by atoms with Crippen LogP contribution in [-0.2, 0) is 7.05 Å². The molecule has 3 aromatic heterocycles. The Hall–Kier alpha value is -2.29. The lowest BCUT2D eigenvalue weighted by Gasteiger charge is -2.01. The van der Waals surface area contributed by atoms with Crippen molar-refractivity contribution in [2.75, 3.05) is 0 Å². The first-order valence-electron chi connectivity index (χ1n) is 5.89. The van der Waals surface area contributed by atoms with Gasteiger partial charge in [0.25, 0.3) is 0 Å². The molecule has 0 bridgehead atoms. The zero-order chi connectivity index (χ0) is 12.7. The van der Waals surface area contributed by atoms with E-state index in [1.165, 1.54) is 11.3 Å². The van der Waals surface area contributed by atoms with Gasteiger partial charge >= 0.3 is 0 Å². The molecule has 0 radical (unpaired) electrons. The van der Waals surface area contributed by atoms with Crippen molar-refractivity contribution < 1.29 is 4.79 Å². The molecule has 0 aliphatic carbocycles. The quantitative estimate of drug-likeness (QED) is 0.630. The molecule has 0 atom stereocenters. The number of fused-ring (bicyclic) bond motifs is 1. The van der Waals surface area contributed by atoms with E-state index in [-0.39, 0.29) is 0 Å². The third-order valence-electron chi connectivity index (χ3n) is 3.34. The van der Waals surface area contributed by atoms with E-state index >= 15 is 0 Å². The number of pyridine rings is 1. The minimum absolute atomic E-state index is 0.718. The van der Waals surface area contributed by atoms with Gasteiger partial charge in [0, 0.05) is 36.8 Å². The minimum atomic E-state index is 0.718. The van der Waals surface area contributed by atoms with E-state index < -0.39 is 0 Å². The summed E-state index contributed by atoms with van der Waals surface area (Å²) in [6.45, 7) is 2.10. The van der Waals surface area contributed by atoms with Crippen molar-refractivity contribution in [2.24, 2.45) is 7.05 Å². The molecule has 0 spiro atoms. The van der Waals surface area contributed by atoms with Crippen LogP contribution in [0.2, 0.25) is 0 Å². The Bertz CT molecular complexity index is 715. The van der Waals surface area contributed by atoms with Crippen LogP contribution in [0.15, 0.2) is 42.9 Å². The molecule has 0 aliphatic rings. The first-order chi connectivity index (χ1) is 8.70. The predicted octanol–water partition coefficient (Wildman–Crippen LogP) is 3.07. The molecule has 0 amide bonds. The van der Waals surface area contributed by atoms with Crippen LogP contribution in [0.3, 0.4) is 0 Å². The Morgan fingerprint density at radius 2 is 2.06 bits per heavy atom. The molecule has 0 N–H and O–H groups in total. The summed E-state index contributed by atoms with van der Waals surface area (Å²) in [5.41, 5.74) is 5.23. The van der Waals surface area contributed by atoms with E-state index in [4.69, 9.17) is 0 Å². The van der Waals surface area contributed by atoms with Gasteiger partial charge in [-0.2, -0.15) is 0 Å². The van der Waals surface area contributed by atoms with E-state index in [9.17, 15) is 4.79 Å². The van der Waals surface area contributed by atoms with Crippen LogP contribution in [0.4, 0.5) is 0 Å². The van der Waals surface area contributed by atoms with E-state index in [0.717, 1.165) is 22.9 Å². The average molecular weight is 238 g/mol. The van der Waals surface area contributed by atoms with Crippen molar-refractivity contribution in [1.82, 2.24) is 8.97 Å². The van der Waals surface area contributed by atoms with Gasteiger partial charge in [0.05, 0.1) is 11.2 Å². The monoisotopic (exact) mass is 238 g/mol. The molecule has 3 heteroatoms. The van der Waals surface area contributed by atoms with Crippen molar-refractivity contribution in [3.63, 3.8) is 0 Å². The van der Waals surface area contributed by atoms with Crippen molar-refractivity contribution in [3.8, 4) is 11.3 Å². The maximum atomic E-state index is 11.0. The smallest absolute Gasteiger partial charge is 0.152 e. The summed E-state index contributed by atoms with van der Waals surface area (Å²) in [5.74, 6) is 0. The van der Waals surface area contributed by atoms with Crippen LogP contribution >= 0.6 is 0 Å². The summed E-state index contributed by atoms with van der Waals surface area (Å²) >= 11 is 0. The van der Waals surface area contributed by atoms with Crippen molar-refractivity contribution >= 4 is 11.8 Å². The van der Waals surface area contributed by atoms with E-state index in [2.05, 4.69) is 29.8 Å². The first kappa shape index (κ1) is 10.8. The molecule has 0 fully saturated rings. The number of rotatable bonds is 2. The van der Waals surface area contributed by atoms with Crippen LogP contribution in [0.25, 0.3) is 16.8 Å². The van der Waals surface area contributed by atoms with Crippen LogP contribution in [0.5, 0.6) is 0 Å². The van der Waals surface area contributed by atoms with Gasteiger partial charge in [0.15, 0.2) is 6.29 Å². The van der Waals surface area contributed by atoms with E-state index in [1.54, 1.807) is 0 Å². The van der Waals surface area contributed by atoms with Gasteiger partial charge in [-0.3, -0.25) is 4.79 Å². The summed E-state index contributed by atoms with van der Waals surface area (Å²) in [6, 6.07) is 7.88. The zero-order valence-electron chi connectivity index (χ0n) is 10.4. The fraction of sp³-hybridized carbons (Fsp3) is 0.133. The molecule has 0 saturated heterocycles. The summed E-state index contributed by atoms with van der Waals surface area (Å²) in [6.07, 6.45) is 6.97. The van der Waals surface area contributed by atoms with Crippen molar-refractivity contribution in [1.29, 1.82) is 0 Å². The molecule has 90 valence electrons. The fourth-order valence-electron chi connectivity index (χ4n) is 2.47. The van der Waals surface area contributed by atoms with Gasteiger partial charge in [-0.15, -0.1) is 0 Å². The molecule has 3 rings (SSSR count). The Balaban J connectivity index is 2.29. The number of hydrogen-bond donors (Lipinski definition) is 0. The molecular formula is C15H14N2O. The Kier molecular flexibility index (Phi) is 2.33.